The third-order valence-electron chi connectivity index (χ3n) is 3.01. The highest BCUT2D eigenvalue weighted by Gasteiger charge is 2.08. The average Bonchev–Trinajstić information content (AvgIpc) is 2.66. The molecule has 0 fully saturated rings. The van der Waals surface area contributed by atoms with Crippen LogP contribution in [0.3, 0.4) is 0 Å². The largest absolute Gasteiger partial charge is 0.323 e. The van der Waals surface area contributed by atoms with Crippen LogP contribution in [0, 0.1) is 6.92 Å². The molecule has 0 atom stereocenters. The number of pyridine rings is 1. The second kappa shape index (κ2) is 3.94. The van der Waals surface area contributed by atoms with E-state index in [4.69, 9.17) is 11.6 Å². The van der Waals surface area contributed by atoms with Crippen molar-refractivity contribution >= 4 is 17.1 Å². The standard InChI is InChI=1S/C15H12ClN/c1-11-10-17-9-3-2-4-14(17)15(11)12-5-7-13(16)8-6-12/h2-10H,1H3. The van der Waals surface area contributed by atoms with E-state index in [1.807, 2.05) is 18.2 Å². The minimum Gasteiger partial charge on any atom is -0.323 e. The Morgan fingerprint density at radius 3 is 2.53 bits per heavy atom. The molecule has 0 aliphatic heterocycles. The molecule has 0 saturated carbocycles. The van der Waals surface area contributed by atoms with Gasteiger partial charge in [0.25, 0.3) is 0 Å². The van der Waals surface area contributed by atoms with E-state index in [1.165, 1.54) is 22.2 Å². The maximum atomic E-state index is 5.93. The van der Waals surface area contributed by atoms with Gasteiger partial charge in [-0.05, 0) is 42.3 Å². The molecule has 3 rings (SSSR count). The lowest BCUT2D eigenvalue weighted by molar-refractivity contribution is 1.19. The summed E-state index contributed by atoms with van der Waals surface area (Å²) in [6.07, 6.45) is 4.22. The van der Waals surface area contributed by atoms with Crippen LogP contribution in [0.25, 0.3) is 16.6 Å². The molecular formula is C15H12ClN. The molecule has 0 aliphatic rings. The number of nitrogens with zero attached hydrogens (tertiary/aromatic N) is 1. The zero-order valence-electron chi connectivity index (χ0n) is 9.52. The van der Waals surface area contributed by atoms with Crippen LogP contribution < -0.4 is 0 Å². The van der Waals surface area contributed by atoms with E-state index < -0.39 is 0 Å². The van der Waals surface area contributed by atoms with Gasteiger partial charge in [-0.2, -0.15) is 0 Å². The van der Waals surface area contributed by atoms with E-state index in [9.17, 15) is 0 Å². The molecule has 0 saturated heterocycles. The van der Waals surface area contributed by atoms with Crippen molar-refractivity contribution in [3.63, 3.8) is 0 Å². The molecule has 1 nitrogen and oxygen atoms in total. The molecule has 0 radical (unpaired) electrons. The van der Waals surface area contributed by atoms with Gasteiger partial charge in [0.05, 0.1) is 5.52 Å². The van der Waals surface area contributed by atoms with Gasteiger partial charge < -0.3 is 4.40 Å². The molecule has 0 spiro atoms. The van der Waals surface area contributed by atoms with Crippen molar-refractivity contribution in [3.05, 3.63) is 65.4 Å². The lowest BCUT2D eigenvalue weighted by Crippen LogP contribution is -1.81. The van der Waals surface area contributed by atoms with Crippen molar-refractivity contribution in [1.29, 1.82) is 0 Å². The lowest BCUT2D eigenvalue weighted by atomic mass is 10.0. The van der Waals surface area contributed by atoms with E-state index in [-0.39, 0.29) is 0 Å². The lowest BCUT2D eigenvalue weighted by Gasteiger charge is -2.02. The number of hydrogen-bond donors (Lipinski definition) is 0. The third-order valence-corrected chi connectivity index (χ3v) is 3.26. The second-order valence-electron chi connectivity index (χ2n) is 4.19. The van der Waals surface area contributed by atoms with E-state index >= 15 is 0 Å². The van der Waals surface area contributed by atoms with Crippen molar-refractivity contribution in [2.24, 2.45) is 0 Å². The van der Waals surface area contributed by atoms with Crippen LogP contribution in [0.2, 0.25) is 5.02 Å². The SMILES string of the molecule is Cc1cn2ccccc2c1-c1ccc(Cl)cc1. The Morgan fingerprint density at radius 2 is 1.76 bits per heavy atom. The summed E-state index contributed by atoms with van der Waals surface area (Å²) in [5.74, 6) is 0. The topological polar surface area (TPSA) is 4.41 Å². The molecule has 0 aliphatic carbocycles. The van der Waals surface area contributed by atoms with Gasteiger partial charge in [0, 0.05) is 23.0 Å². The highest BCUT2D eigenvalue weighted by molar-refractivity contribution is 6.30. The number of rotatable bonds is 1. The molecule has 0 N–H and O–H groups in total. The van der Waals surface area contributed by atoms with Crippen molar-refractivity contribution in [3.8, 4) is 11.1 Å². The van der Waals surface area contributed by atoms with Crippen LogP contribution in [-0.4, -0.2) is 4.40 Å². The number of fused-ring (bicyclic) bond motifs is 1. The molecule has 2 aromatic heterocycles. The smallest absolute Gasteiger partial charge is 0.0531 e. The Kier molecular flexibility index (Phi) is 2.41. The fourth-order valence-electron chi connectivity index (χ4n) is 2.25. The molecule has 2 heteroatoms. The summed E-state index contributed by atoms with van der Waals surface area (Å²) in [4.78, 5) is 0. The van der Waals surface area contributed by atoms with E-state index in [0.29, 0.717) is 0 Å². The highest BCUT2D eigenvalue weighted by Crippen LogP contribution is 2.30. The van der Waals surface area contributed by atoms with Crippen LogP contribution in [0.5, 0.6) is 0 Å². The summed E-state index contributed by atoms with van der Waals surface area (Å²) in [5.41, 5.74) is 4.99. The zero-order valence-corrected chi connectivity index (χ0v) is 10.3. The Labute approximate surface area is 105 Å². The summed E-state index contributed by atoms with van der Waals surface area (Å²) in [5, 5.41) is 0.773. The number of halogens is 1. The van der Waals surface area contributed by atoms with Crippen molar-refractivity contribution in [2.75, 3.05) is 0 Å². The number of hydrogen-bond acceptors (Lipinski definition) is 0. The van der Waals surface area contributed by atoms with Crippen molar-refractivity contribution in [2.45, 2.75) is 6.92 Å². The highest BCUT2D eigenvalue weighted by atomic mass is 35.5. The summed E-state index contributed by atoms with van der Waals surface area (Å²) in [6, 6.07) is 14.2. The first-order valence-corrected chi connectivity index (χ1v) is 5.96. The van der Waals surface area contributed by atoms with Crippen molar-refractivity contribution < 1.29 is 0 Å². The quantitative estimate of drug-likeness (QED) is 0.588. The first kappa shape index (κ1) is 10.4. The zero-order chi connectivity index (χ0) is 11.8. The summed E-state index contributed by atoms with van der Waals surface area (Å²) in [6.45, 7) is 2.14. The number of aromatic nitrogens is 1. The number of aryl methyl sites for hydroxylation is 1. The van der Waals surface area contributed by atoms with Gasteiger partial charge in [0.15, 0.2) is 0 Å². The van der Waals surface area contributed by atoms with E-state index in [2.05, 4.69) is 48.0 Å². The predicted molar refractivity (Wildman–Crippen MR) is 72.6 cm³/mol. The first-order valence-electron chi connectivity index (χ1n) is 5.58. The Bertz CT molecular complexity index is 665. The van der Waals surface area contributed by atoms with Crippen molar-refractivity contribution in [1.82, 2.24) is 4.40 Å². The summed E-state index contributed by atoms with van der Waals surface area (Å²) in [7, 11) is 0. The molecule has 84 valence electrons. The van der Waals surface area contributed by atoms with E-state index in [0.717, 1.165) is 5.02 Å². The van der Waals surface area contributed by atoms with Gasteiger partial charge in [-0.1, -0.05) is 29.8 Å². The van der Waals surface area contributed by atoms with Crippen LogP contribution >= 0.6 is 11.6 Å². The van der Waals surface area contributed by atoms with Gasteiger partial charge in [-0.15, -0.1) is 0 Å². The van der Waals surface area contributed by atoms with Crippen LogP contribution in [-0.2, 0) is 0 Å². The molecule has 1 aromatic carbocycles. The summed E-state index contributed by atoms with van der Waals surface area (Å²) < 4.78 is 2.15. The molecular weight excluding hydrogens is 230 g/mol. The predicted octanol–water partition coefficient (Wildman–Crippen LogP) is 4.57. The maximum absolute atomic E-state index is 5.93. The normalized spacial score (nSPS) is 10.9. The van der Waals surface area contributed by atoms with Crippen LogP contribution in [0.15, 0.2) is 54.9 Å². The van der Waals surface area contributed by atoms with Gasteiger partial charge >= 0.3 is 0 Å². The monoisotopic (exact) mass is 241 g/mol. The molecule has 0 amide bonds. The molecule has 0 unspecified atom stereocenters. The van der Waals surface area contributed by atoms with E-state index in [1.54, 1.807) is 0 Å². The van der Waals surface area contributed by atoms with Crippen LogP contribution in [0.4, 0.5) is 0 Å². The van der Waals surface area contributed by atoms with Gasteiger partial charge in [-0.25, -0.2) is 0 Å². The first-order chi connectivity index (χ1) is 8.25. The minimum absolute atomic E-state index is 0.773. The average molecular weight is 242 g/mol. The molecule has 3 aromatic rings. The summed E-state index contributed by atoms with van der Waals surface area (Å²) >= 11 is 5.93. The fourth-order valence-corrected chi connectivity index (χ4v) is 2.37. The second-order valence-corrected chi connectivity index (χ2v) is 4.62. The van der Waals surface area contributed by atoms with Gasteiger partial charge in [0.2, 0.25) is 0 Å². The third kappa shape index (κ3) is 1.73. The van der Waals surface area contributed by atoms with Gasteiger partial charge in [-0.3, -0.25) is 0 Å². The molecule has 17 heavy (non-hydrogen) atoms. The number of benzene rings is 1. The fraction of sp³-hybridized carbons (Fsp3) is 0.0667. The molecule has 0 bridgehead atoms. The molecule has 2 heterocycles. The van der Waals surface area contributed by atoms with Crippen LogP contribution in [0.1, 0.15) is 5.56 Å². The Balaban J connectivity index is 2.29. The maximum Gasteiger partial charge on any atom is 0.0531 e. The Hall–Kier alpha value is -1.73. The minimum atomic E-state index is 0.773. The van der Waals surface area contributed by atoms with Gasteiger partial charge in [0.1, 0.15) is 0 Å². The Morgan fingerprint density at radius 1 is 1.00 bits per heavy atom.